The van der Waals surface area contributed by atoms with E-state index >= 15 is 0 Å². The smallest absolute Gasteiger partial charge is 0.358 e. The molecule has 0 radical (unpaired) electrons. The van der Waals surface area contributed by atoms with Gasteiger partial charge in [0.15, 0.2) is 34.0 Å². The van der Waals surface area contributed by atoms with Crippen molar-refractivity contribution in [1.82, 2.24) is 43.8 Å². The van der Waals surface area contributed by atoms with Crippen molar-refractivity contribution >= 4 is 102 Å². The third-order valence-corrected chi connectivity index (χ3v) is 10.5. The molecule has 0 aliphatic heterocycles. The van der Waals surface area contributed by atoms with Crippen LogP contribution >= 0.6 is 61.2 Å². The molecule has 0 aliphatic carbocycles. The maximum absolute atomic E-state index is 13.1. The standard InChI is InChI=1S/C17H16FN3O2.C17H14FN3O2.C16H14FN3O2.CH4.I2.HI/c2*1-10(2)13-8-14(11-4-6-12(18)7-5-11)20-21-9-15(17(22)23-3)19-16(13)21;1-9(2)12-7-13(10-3-5-11(17)6-4-10)19-20-8-14(16(21)22)18-15(12)20;;1-2;/h4-10H,1-3H3;4-9H,1H2,2-3H3;3-9H,1-2H3,(H,21,22);1H4;;1H. The number of esters is 2. The van der Waals surface area contributed by atoms with Gasteiger partial charge in [-0.25, -0.2) is 56.1 Å². The number of nitrogens with zero attached hydrogens (tertiary/aromatic N) is 9. The second-order valence-corrected chi connectivity index (χ2v) is 16.0. The molecule has 9 rings (SSSR count). The van der Waals surface area contributed by atoms with Crippen LogP contribution in [0.15, 0.2) is 116 Å². The van der Waals surface area contributed by atoms with Crippen LogP contribution in [0.2, 0.25) is 0 Å². The van der Waals surface area contributed by atoms with Crippen molar-refractivity contribution in [2.75, 3.05) is 14.2 Å². The molecular formula is C51H49F3I3N9O6. The van der Waals surface area contributed by atoms with Crippen molar-refractivity contribution in [2.24, 2.45) is 0 Å². The van der Waals surface area contributed by atoms with E-state index < -0.39 is 17.9 Å². The fourth-order valence-corrected chi connectivity index (χ4v) is 6.94. The summed E-state index contributed by atoms with van der Waals surface area (Å²) in [5, 5.41) is 22.4. The van der Waals surface area contributed by atoms with Crippen LogP contribution in [0.4, 0.5) is 13.2 Å². The highest BCUT2D eigenvalue weighted by molar-refractivity contribution is 15.0. The normalized spacial score (nSPS) is 10.5. The Labute approximate surface area is 453 Å². The van der Waals surface area contributed by atoms with Gasteiger partial charge in [0.2, 0.25) is 0 Å². The Bertz CT molecular complexity index is 3360. The minimum absolute atomic E-state index is 0. The minimum atomic E-state index is -1.09. The van der Waals surface area contributed by atoms with Gasteiger partial charge in [0.1, 0.15) is 17.5 Å². The maximum Gasteiger partial charge on any atom is 0.358 e. The summed E-state index contributed by atoms with van der Waals surface area (Å²) in [6.07, 6.45) is 4.43. The molecule has 21 heteroatoms. The molecule has 15 nitrogen and oxygen atoms in total. The lowest BCUT2D eigenvalue weighted by Crippen LogP contribution is -2.01. The molecule has 9 aromatic rings. The summed E-state index contributed by atoms with van der Waals surface area (Å²) in [7, 11) is 2.61. The molecule has 0 aliphatic rings. The van der Waals surface area contributed by atoms with E-state index in [1.54, 1.807) is 47.1 Å². The summed E-state index contributed by atoms with van der Waals surface area (Å²) in [6, 6.07) is 23.8. The average molecular weight is 1320 g/mol. The number of aromatic carboxylic acids is 1. The van der Waals surface area contributed by atoms with Crippen LogP contribution in [-0.4, -0.2) is 81.0 Å². The van der Waals surface area contributed by atoms with Gasteiger partial charge in [-0.15, -0.1) is 24.0 Å². The first kappa shape index (κ1) is 58.2. The Morgan fingerprint density at radius 3 is 1.19 bits per heavy atom. The maximum atomic E-state index is 13.1. The zero-order valence-corrected chi connectivity index (χ0v) is 45.7. The SMILES string of the molecule is C.C=C(C)c1cc(-c2ccc(F)cc2)nn2cc(C(=O)OC)nc12.CC(C)c1cc(-c2ccc(F)cc2)nn2cc(C(=O)O)nc12.COC(=O)c1cn2nc(-c3ccc(F)cc3)cc(C(C)C)c2n1.I.II. The van der Waals surface area contributed by atoms with Crippen LogP contribution in [0.5, 0.6) is 0 Å². The average Bonchev–Trinajstić information content (AvgIpc) is 4.12. The summed E-state index contributed by atoms with van der Waals surface area (Å²) < 4.78 is 53.2. The van der Waals surface area contributed by atoms with E-state index in [2.05, 4.69) is 78.8 Å². The number of carboxylic acid groups (broad SMARTS) is 1. The number of methoxy groups -OCH3 is 2. The van der Waals surface area contributed by atoms with Crippen molar-refractivity contribution in [3.05, 3.63) is 167 Å². The van der Waals surface area contributed by atoms with Gasteiger partial charge in [0.05, 0.1) is 49.9 Å². The number of aromatic nitrogens is 9. The van der Waals surface area contributed by atoms with E-state index in [0.29, 0.717) is 34.0 Å². The molecule has 0 bridgehead atoms. The highest BCUT2D eigenvalue weighted by Crippen LogP contribution is 2.29. The van der Waals surface area contributed by atoms with E-state index in [1.165, 1.54) is 72.0 Å². The zero-order chi connectivity index (χ0) is 51.0. The Hall–Kier alpha value is -6.35. The van der Waals surface area contributed by atoms with E-state index in [9.17, 15) is 27.6 Å². The number of hydrogen-bond acceptors (Lipinski definition) is 11. The number of rotatable bonds is 9. The topological polar surface area (TPSA) is 180 Å². The predicted octanol–water partition coefficient (Wildman–Crippen LogP) is 13.2. The van der Waals surface area contributed by atoms with Crippen LogP contribution in [0.25, 0.3) is 56.3 Å². The number of carboxylic acids is 1. The molecule has 0 spiro atoms. The van der Waals surface area contributed by atoms with Gasteiger partial charge >= 0.3 is 17.9 Å². The van der Waals surface area contributed by atoms with Gasteiger partial charge in [-0.05, 0) is 115 Å². The lowest BCUT2D eigenvalue weighted by Gasteiger charge is -2.10. The number of carbonyl (C=O) groups is 3. The molecule has 0 saturated heterocycles. The first-order chi connectivity index (χ1) is 33.4. The van der Waals surface area contributed by atoms with Gasteiger partial charge < -0.3 is 14.6 Å². The Kier molecular flexibility index (Phi) is 20.9. The molecule has 0 saturated carbocycles. The van der Waals surface area contributed by atoms with Crippen molar-refractivity contribution in [2.45, 2.75) is 53.9 Å². The van der Waals surface area contributed by atoms with Crippen molar-refractivity contribution < 1.29 is 42.1 Å². The first-order valence-corrected chi connectivity index (χ1v) is 27.4. The summed E-state index contributed by atoms with van der Waals surface area (Å²) in [5.74, 6) is -2.73. The first-order valence-electron chi connectivity index (χ1n) is 21.1. The second-order valence-electron chi connectivity index (χ2n) is 16.0. The zero-order valence-electron chi connectivity index (χ0n) is 39.1. The van der Waals surface area contributed by atoms with Crippen molar-refractivity contribution in [1.29, 1.82) is 0 Å². The van der Waals surface area contributed by atoms with Crippen molar-refractivity contribution in [3.63, 3.8) is 0 Å². The van der Waals surface area contributed by atoms with E-state index in [-0.39, 0.29) is 77.8 Å². The second kappa shape index (κ2) is 25.9. The molecule has 3 aromatic carbocycles. The Morgan fingerprint density at radius 2 is 0.875 bits per heavy atom. The number of fused-ring (bicyclic) bond motifs is 3. The summed E-state index contributed by atoms with van der Waals surface area (Å²) in [4.78, 5) is 47.2. The van der Waals surface area contributed by atoms with Crippen LogP contribution < -0.4 is 0 Å². The lowest BCUT2D eigenvalue weighted by molar-refractivity contribution is 0.0586. The molecule has 6 heterocycles. The minimum Gasteiger partial charge on any atom is -0.476 e. The largest absolute Gasteiger partial charge is 0.476 e. The molecule has 376 valence electrons. The highest BCUT2D eigenvalue weighted by atomic mass is 128. The van der Waals surface area contributed by atoms with Gasteiger partial charge in [-0.3, -0.25) is 0 Å². The fourth-order valence-electron chi connectivity index (χ4n) is 6.94. The third kappa shape index (κ3) is 13.6. The lowest BCUT2D eigenvalue weighted by atomic mass is 10.0. The molecule has 6 aromatic heterocycles. The quantitative estimate of drug-likeness (QED) is 0.107. The number of carbonyl (C=O) groups excluding carboxylic acids is 2. The molecule has 0 amide bonds. The number of ether oxygens (including phenoxy) is 2. The van der Waals surface area contributed by atoms with Crippen LogP contribution in [-0.2, 0) is 9.47 Å². The monoisotopic (exact) mass is 1320 g/mol. The molecule has 0 unspecified atom stereocenters. The molecule has 72 heavy (non-hydrogen) atoms. The van der Waals surface area contributed by atoms with Crippen LogP contribution in [0, 0.1) is 17.5 Å². The molecule has 1 N–H and O–H groups in total. The predicted molar refractivity (Wildman–Crippen MR) is 298 cm³/mol. The van der Waals surface area contributed by atoms with Crippen molar-refractivity contribution in [3.8, 4) is 33.8 Å². The fraction of sp³-hybridized carbons (Fsp3) is 0.196. The number of allylic oxidation sites excluding steroid dienone is 1. The summed E-state index contributed by atoms with van der Waals surface area (Å²) >= 11 is 4.24. The Balaban J connectivity index is 0.000000227. The third-order valence-electron chi connectivity index (χ3n) is 10.5. The Morgan fingerprint density at radius 1 is 0.569 bits per heavy atom. The highest BCUT2D eigenvalue weighted by Gasteiger charge is 2.20. The van der Waals surface area contributed by atoms with Gasteiger partial charge in [0.25, 0.3) is 0 Å². The molecule has 0 atom stereocenters. The van der Waals surface area contributed by atoms with Crippen LogP contribution in [0.3, 0.4) is 0 Å². The van der Waals surface area contributed by atoms with E-state index in [4.69, 9.17) is 9.84 Å². The number of imidazole rings is 3. The van der Waals surface area contributed by atoms with Crippen LogP contribution in [0.1, 0.15) is 102 Å². The van der Waals surface area contributed by atoms with Gasteiger partial charge in [0, 0.05) is 70.6 Å². The summed E-state index contributed by atoms with van der Waals surface area (Å²) in [6.45, 7) is 13.9. The number of hydrogen-bond donors (Lipinski definition) is 1. The van der Waals surface area contributed by atoms with E-state index in [1.807, 2.05) is 52.8 Å². The number of benzene rings is 3. The van der Waals surface area contributed by atoms with E-state index in [0.717, 1.165) is 39.0 Å². The number of halogens is 6. The molecule has 0 fully saturated rings. The van der Waals surface area contributed by atoms with Gasteiger partial charge in [-0.2, -0.15) is 15.3 Å². The van der Waals surface area contributed by atoms with Gasteiger partial charge in [-0.1, -0.05) is 41.7 Å². The summed E-state index contributed by atoms with van der Waals surface area (Å²) in [5.41, 5.74) is 9.64. The molecular weight excluding hydrogens is 1270 g/mol.